The zero-order valence-electron chi connectivity index (χ0n) is 17.3. The summed E-state index contributed by atoms with van der Waals surface area (Å²) in [4.78, 5) is 25.9. The van der Waals surface area contributed by atoms with Gasteiger partial charge in [-0.15, -0.1) is 6.58 Å². The Morgan fingerprint density at radius 3 is 2.17 bits per heavy atom. The number of ether oxygens (including phenoxy) is 1. The lowest BCUT2D eigenvalue weighted by Gasteiger charge is -2.56. The Morgan fingerprint density at radius 1 is 1.13 bits per heavy atom. The van der Waals surface area contributed by atoms with Gasteiger partial charge in [0.1, 0.15) is 0 Å². The molecule has 1 aromatic carbocycles. The zero-order chi connectivity index (χ0) is 21.5. The van der Waals surface area contributed by atoms with Crippen molar-refractivity contribution in [3.05, 3.63) is 42.5 Å². The fourth-order valence-corrected chi connectivity index (χ4v) is 7.15. The van der Waals surface area contributed by atoms with E-state index in [0.717, 1.165) is 19.3 Å². The summed E-state index contributed by atoms with van der Waals surface area (Å²) in [7, 11) is -3.65. The Hall–Kier alpha value is -1.99. The third-order valence-corrected chi connectivity index (χ3v) is 8.47. The van der Waals surface area contributed by atoms with E-state index in [1.54, 1.807) is 6.92 Å². The van der Waals surface area contributed by atoms with Crippen LogP contribution in [0.4, 0.5) is 0 Å². The molecule has 0 aromatic heterocycles. The lowest BCUT2D eigenvalue weighted by Crippen LogP contribution is -2.52. The van der Waals surface area contributed by atoms with Gasteiger partial charge in [0.2, 0.25) is 10.0 Å². The first-order valence-electron chi connectivity index (χ1n) is 10.7. The van der Waals surface area contributed by atoms with Crippen LogP contribution >= 0.6 is 0 Å². The van der Waals surface area contributed by atoms with Crippen molar-refractivity contribution in [3.63, 3.8) is 0 Å². The highest BCUT2D eigenvalue weighted by atomic mass is 32.2. The molecule has 1 atom stereocenters. The van der Waals surface area contributed by atoms with E-state index < -0.39 is 22.1 Å². The summed E-state index contributed by atoms with van der Waals surface area (Å²) in [5.74, 6) is 1.39. The minimum Gasteiger partial charge on any atom is -0.451 e. The second-order valence-electron chi connectivity index (χ2n) is 9.27. The maximum absolute atomic E-state index is 13.3. The van der Waals surface area contributed by atoms with E-state index in [0.29, 0.717) is 17.8 Å². The summed E-state index contributed by atoms with van der Waals surface area (Å²) in [6.45, 7) is 5.26. The summed E-state index contributed by atoms with van der Waals surface area (Å²) in [6, 6.07) is 5.53. The first-order valence-corrected chi connectivity index (χ1v) is 12.2. The topological polar surface area (TPSA) is 89.5 Å². The van der Waals surface area contributed by atoms with Crippen LogP contribution in [-0.4, -0.2) is 32.8 Å². The lowest BCUT2D eigenvalue weighted by atomic mass is 9.48. The SMILES string of the molecule is C=CCNS(=O)(=O)c1ccc(C(=O)OC(C)C(=O)C23CC4CC(CC(C4)C2)C3)cc1. The smallest absolute Gasteiger partial charge is 0.338 e. The summed E-state index contributed by atoms with van der Waals surface area (Å²) in [5, 5.41) is 0. The Labute approximate surface area is 178 Å². The highest BCUT2D eigenvalue weighted by molar-refractivity contribution is 7.89. The van der Waals surface area contributed by atoms with Crippen LogP contribution in [0, 0.1) is 23.2 Å². The number of nitrogens with one attached hydrogen (secondary N) is 1. The summed E-state index contributed by atoms with van der Waals surface area (Å²) in [5.41, 5.74) is -0.0914. The second kappa shape index (κ2) is 7.93. The molecule has 4 aliphatic carbocycles. The molecule has 0 spiro atoms. The number of carbonyl (C=O) groups is 2. The van der Waals surface area contributed by atoms with E-state index in [-0.39, 0.29) is 28.2 Å². The van der Waals surface area contributed by atoms with E-state index in [2.05, 4.69) is 11.3 Å². The van der Waals surface area contributed by atoms with Crippen molar-refractivity contribution >= 4 is 21.8 Å². The molecule has 0 radical (unpaired) electrons. The normalized spacial score (nSPS) is 30.6. The molecule has 0 aliphatic heterocycles. The summed E-state index contributed by atoms with van der Waals surface area (Å²) in [6.07, 6.45) is 7.20. The molecule has 0 heterocycles. The highest BCUT2D eigenvalue weighted by Gasteiger charge is 2.55. The van der Waals surface area contributed by atoms with Gasteiger partial charge in [-0.25, -0.2) is 17.9 Å². The molecule has 4 fully saturated rings. The van der Waals surface area contributed by atoms with Gasteiger partial charge in [0.15, 0.2) is 11.9 Å². The molecule has 4 bridgehead atoms. The monoisotopic (exact) mass is 431 g/mol. The Morgan fingerprint density at radius 2 is 1.67 bits per heavy atom. The van der Waals surface area contributed by atoms with Crippen molar-refractivity contribution < 1.29 is 22.7 Å². The standard InChI is InChI=1S/C23H29NO5S/c1-3-8-24-30(27,28)20-6-4-19(5-7-20)22(26)29-15(2)21(25)23-12-16-9-17(13-23)11-18(10-16)14-23/h3-7,15-18,24H,1,8-14H2,2H3. The van der Waals surface area contributed by atoms with Crippen LogP contribution in [0.5, 0.6) is 0 Å². The molecule has 4 saturated carbocycles. The zero-order valence-corrected chi connectivity index (χ0v) is 18.1. The van der Waals surface area contributed by atoms with Crippen molar-refractivity contribution in [1.82, 2.24) is 4.72 Å². The Bertz CT molecular complexity index is 915. The fourth-order valence-electron chi connectivity index (χ4n) is 6.15. The van der Waals surface area contributed by atoms with Gasteiger partial charge >= 0.3 is 5.97 Å². The van der Waals surface area contributed by atoms with E-state index in [1.807, 2.05) is 0 Å². The third-order valence-electron chi connectivity index (χ3n) is 7.03. The molecule has 162 valence electrons. The molecule has 0 amide bonds. The van der Waals surface area contributed by atoms with Gasteiger partial charge < -0.3 is 4.74 Å². The third kappa shape index (κ3) is 3.97. The molecule has 30 heavy (non-hydrogen) atoms. The van der Waals surface area contributed by atoms with Gasteiger partial charge in [0, 0.05) is 12.0 Å². The average Bonchev–Trinajstić information content (AvgIpc) is 2.70. The van der Waals surface area contributed by atoms with Crippen molar-refractivity contribution in [2.45, 2.75) is 56.4 Å². The number of hydrogen-bond acceptors (Lipinski definition) is 5. The van der Waals surface area contributed by atoms with Crippen molar-refractivity contribution in [1.29, 1.82) is 0 Å². The first kappa shape index (κ1) is 21.2. The van der Waals surface area contributed by atoms with Gasteiger partial charge in [0.25, 0.3) is 0 Å². The van der Waals surface area contributed by atoms with Crippen LogP contribution < -0.4 is 4.72 Å². The second-order valence-corrected chi connectivity index (χ2v) is 11.0. The number of rotatable bonds is 8. The number of esters is 1. The maximum atomic E-state index is 13.3. The largest absolute Gasteiger partial charge is 0.451 e. The molecule has 1 N–H and O–H groups in total. The molecular weight excluding hydrogens is 402 g/mol. The van der Waals surface area contributed by atoms with Crippen LogP contribution in [-0.2, 0) is 19.6 Å². The number of benzene rings is 1. The van der Waals surface area contributed by atoms with E-state index in [9.17, 15) is 18.0 Å². The van der Waals surface area contributed by atoms with E-state index >= 15 is 0 Å². The van der Waals surface area contributed by atoms with Crippen LogP contribution in [0.15, 0.2) is 41.8 Å². The number of hydrogen-bond donors (Lipinski definition) is 1. The number of carbonyl (C=O) groups excluding carboxylic acids is 2. The van der Waals surface area contributed by atoms with Gasteiger partial charge in [-0.1, -0.05) is 6.08 Å². The maximum Gasteiger partial charge on any atom is 0.338 e. The highest BCUT2D eigenvalue weighted by Crippen LogP contribution is 2.60. The van der Waals surface area contributed by atoms with Crippen LogP contribution in [0.3, 0.4) is 0 Å². The van der Waals surface area contributed by atoms with Gasteiger partial charge in [-0.05, 0) is 87.5 Å². The first-order chi connectivity index (χ1) is 14.2. The summed E-state index contributed by atoms with van der Waals surface area (Å²) >= 11 is 0. The molecule has 5 rings (SSSR count). The van der Waals surface area contributed by atoms with Crippen LogP contribution in [0.25, 0.3) is 0 Å². The average molecular weight is 432 g/mol. The number of sulfonamides is 1. The fraction of sp³-hybridized carbons (Fsp3) is 0.565. The van der Waals surface area contributed by atoms with E-state index in [4.69, 9.17) is 4.74 Å². The van der Waals surface area contributed by atoms with E-state index in [1.165, 1.54) is 49.6 Å². The lowest BCUT2D eigenvalue weighted by molar-refractivity contribution is -0.152. The number of Topliss-reactive ketones (excluding diaryl/α,β-unsaturated/α-hetero) is 1. The predicted molar refractivity (Wildman–Crippen MR) is 112 cm³/mol. The Balaban J connectivity index is 1.41. The number of ketones is 1. The molecule has 6 nitrogen and oxygen atoms in total. The van der Waals surface area contributed by atoms with Crippen molar-refractivity contribution in [3.8, 4) is 0 Å². The molecule has 1 unspecified atom stereocenters. The molecule has 4 aliphatic rings. The molecule has 1 aromatic rings. The summed E-state index contributed by atoms with van der Waals surface area (Å²) < 4.78 is 32.1. The van der Waals surface area contributed by atoms with Crippen LogP contribution in [0.1, 0.15) is 55.8 Å². The quantitative estimate of drug-likeness (QED) is 0.503. The molecular formula is C23H29NO5S. The minimum absolute atomic E-state index is 0.0543. The minimum atomic E-state index is -3.65. The van der Waals surface area contributed by atoms with Gasteiger partial charge in [-0.2, -0.15) is 0 Å². The predicted octanol–water partition coefficient (Wildman–Crippen LogP) is 3.48. The molecule has 0 saturated heterocycles. The van der Waals surface area contributed by atoms with Crippen molar-refractivity contribution in [2.75, 3.05) is 6.54 Å². The van der Waals surface area contributed by atoms with Gasteiger partial charge in [0.05, 0.1) is 10.5 Å². The van der Waals surface area contributed by atoms with Gasteiger partial charge in [-0.3, -0.25) is 4.79 Å². The molecule has 7 heteroatoms. The van der Waals surface area contributed by atoms with Crippen molar-refractivity contribution in [2.24, 2.45) is 23.2 Å². The Kier molecular flexibility index (Phi) is 5.62. The van der Waals surface area contributed by atoms with Crippen LogP contribution in [0.2, 0.25) is 0 Å².